The number of aromatic nitrogens is 2. The SMILES string of the molecule is CC1(C)CCN(Cc2cc(F)c(N3CC(=O)NC4(CCN(c5cc(NCCCCC(=O)N6CCN(c7ccc8c(c7)C(=O)N(C7CCC(=O)NC7=O)C8=O)CC6)ncn5)CC4)C3)cc2F)CC1. The second-order valence-electron chi connectivity index (χ2n) is 19.7. The number of hydrogen-bond donors (Lipinski definition) is 3. The van der Waals surface area contributed by atoms with Gasteiger partial charge in [-0.3, -0.25) is 43.9 Å². The van der Waals surface area contributed by atoms with E-state index < -0.39 is 46.8 Å². The minimum absolute atomic E-state index is 0.0423. The van der Waals surface area contributed by atoms with E-state index in [1.165, 1.54) is 18.5 Å². The quantitative estimate of drug-likeness (QED) is 0.177. The molecule has 3 aromatic rings. The third kappa shape index (κ3) is 9.92. The summed E-state index contributed by atoms with van der Waals surface area (Å²) in [4.78, 5) is 96.5. The van der Waals surface area contributed by atoms with Crippen molar-refractivity contribution in [1.29, 1.82) is 0 Å². The minimum Gasteiger partial charge on any atom is -0.370 e. The third-order valence-electron chi connectivity index (χ3n) is 14.5. The fourth-order valence-corrected chi connectivity index (χ4v) is 10.3. The van der Waals surface area contributed by atoms with Crippen molar-refractivity contribution in [2.24, 2.45) is 5.41 Å². The van der Waals surface area contributed by atoms with Gasteiger partial charge in [0.15, 0.2) is 0 Å². The summed E-state index contributed by atoms with van der Waals surface area (Å²) >= 11 is 0. The Bertz CT molecular complexity index is 2440. The fraction of sp³-hybridized carbons (Fsp3) is 0.542. The number of anilines is 4. The molecule has 0 saturated carbocycles. The monoisotopic (exact) mass is 923 g/mol. The van der Waals surface area contributed by atoms with Gasteiger partial charge in [-0.2, -0.15) is 0 Å². The number of unbranched alkanes of at least 4 members (excludes halogenated alkanes) is 1. The molecule has 0 aliphatic carbocycles. The van der Waals surface area contributed by atoms with Crippen LogP contribution in [0.5, 0.6) is 0 Å². The van der Waals surface area contributed by atoms with Gasteiger partial charge in [0.05, 0.1) is 28.9 Å². The molecule has 7 heterocycles. The van der Waals surface area contributed by atoms with Crippen LogP contribution in [0.1, 0.15) is 97.9 Å². The molecule has 67 heavy (non-hydrogen) atoms. The van der Waals surface area contributed by atoms with E-state index >= 15 is 8.78 Å². The number of fused-ring (bicyclic) bond motifs is 1. The van der Waals surface area contributed by atoms with E-state index in [4.69, 9.17) is 0 Å². The molecule has 6 aliphatic heterocycles. The predicted molar refractivity (Wildman–Crippen MR) is 245 cm³/mol. The topological polar surface area (TPSA) is 184 Å². The lowest BCUT2D eigenvalue weighted by atomic mass is 9.82. The Morgan fingerprint density at radius 1 is 0.791 bits per heavy atom. The molecule has 3 N–H and O–H groups in total. The summed E-state index contributed by atoms with van der Waals surface area (Å²) in [5, 5.41) is 8.75. The molecule has 9 rings (SSSR count). The molecule has 6 amide bonds. The summed E-state index contributed by atoms with van der Waals surface area (Å²) in [6.45, 7) is 10.8. The van der Waals surface area contributed by atoms with Gasteiger partial charge in [0.2, 0.25) is 23.6 Å². The summed E-state index contributed by atoms with van der Waals surface area (Å²) in [5.74, 6) is -1.87. The van der Waals surface area contributed by atoms with Gasteiger partial charge in [-0.05, 0) is 87.7 Å². The van der Waals surface area contributed by atoms with Crippen molar-refractivity contribution in [2.45, 2.75) is 89.8 Å². The zero-order chi connectivity index (χ0) is 47.0. The molecule has 2 aromatic carbocycles. The normalized spacial score (nSPS) is 22.0. The Morgan fingerprint density at radius 2 is 1.54 bits per heavy atom. The number of imide groups is 2. The lowest BCUT2D eigenvalue weighted by Crippen LogP contribution is -2.66. The first-order valence-corrected chi connectivity index (χ1v) is 23.6. The van der Waals surface area contributed by atoms with Crippen LogP contribution in [-0.4, -0.2) is 144 Å². The number of benzene rings is 2. The van der Waals surface area contributed by atoms with Crippen LogP contribution in [0.25, 0.3) is 0 Å². The minimum atomic E-state index is -1.02. The summed E-state index contributed by atoms with van der Waals surface area (Å²) in [7, 11) is 0. The molecule has 1 spiro atoms. The Hall–Kier alpha value is -6.24. The van der Waals surface area contributed by atoms with Crippen LogP contribution in [0.3, 0.4) is 0 Å². The Kier molecular flexibility index (Phi) is 12.9. The number of carbonyl (C=O) groups excluding carboxylic acids is 6. The predicted octanol–water partition coefficient (Wildman–Crippen LogP) is 3.68. The van der Waals surface area contributed by atoms with Gasteiger partial charge in [0, 0.05) is 95.1 Å². The van der Waals surface area contributed by atoms with Crippen molar-refractivity contribution in [2.75, 3.05) is 92.0 Å². The highest BCUT2D eigenvalue weighted by Gasteiger charge is 2.45. The number of nitrogens with zero attached hydrogens (tertiary/aromatic N) is 8. The average Bonchev–Trinajstić information content (AvgIpc) is 3.55. The largest absolute Gasteiger partial charge is 0.370 e. The van der Waals surface area contributed by atoms with Crippen molar-refractivity contribution < 1.29 is 37.5 Å². The maximum Gasteiger partial charge on any atom is 0.262 e. The highest BCUT2D eigenvalue weighted by atomic mass is 19.1. The number of piperidine rings is 3. The first-order valence-electron chi connectivity index (χ1n) is 23.6. The lowest BCUT2D eigenvalue weighted by molar-refractivity contribution is -0.136. The Morgan fingerprint density at radius 3 is 2.28 bits per heavy atom. The van der Waals surface area contributed by atoms with Gasteiger partial charge in [-0.15, -0.1) is 0 Å². The highest BCUT2D eigenvalue weighted by Crippen LogP contribution is 2.35. The molecule has 1 aromatic heterocycles. The van der Waals surface area contributed by atoms with E-state index in [0.717, 1.165) is 48.8 Å². The first-order chi connectivity index (χ1) is 32.1. The number of nitrogens with one attached hydrogen (secondary N) is 3. The number of piperazine rings is 2. The van der Waals surface area contributed by atoms with Crippen molar-refractivity contribution in [1.82, 2.24) is 35.3 Å². The standard InChI is InChI=1S/C48H59F2N11O6/c1-47(2)10-15-56(16-11-47)27-31-23-36(50)38(25-35(31)49)60-28-42(63)55-48(29-60)12-17-58(18-13-48)40-26-39(52-30-53-40)51-14-4-3-5-43(64)59-21-19-57(20-22-59)32-6-7-33-34(24-32)46(67)61(45(33)66)37-8-9-41(62)54-44(37)65/h6-7,23-26,30,37H,3-5,8-22,27-29H2,1-2H3,(H,55,63)(H,51,52,53)(H,54,62,65). The number of halogens is 2. The number of amides is 6. The molecule has 5 saturated heterocycles. The maximum absolute atomic E-state index is 15.7. The molecule has 5 fully saturated rings. The third-order valence-corrected chi connectivity index (χ3v) is 14.5. The summed E-state index contributed by atoms with van der Waals surface area (Å²) < 4.78 is 31.2. The van der Waals surface area contributed by atoms with Crippen molar-refractivity contribution in [3.8, 4) is 0 Å². The van der Waals surface area contributed by atoms with E-state index in [2.05, 4.69) is 54.5 Å². The molecular weight excluding hydrogens is 865 g/mol. The summed E-state index contributed by atoms with van der Waals surface area (Å²) in [5.41, 5.74) is 1.33. The van der Waals surface area contributed by atoms with Crippen LogP contribution in [0, 0.1) is 17.0 Å². The van der Waals surface area contributed by atoms with Crippen molar-refractivity contribution >= 4 is 58.5 Å². The van der Waals surface area contributed by atoms with E-state index in [0.29, 0.717) is 96.0 Å². The summed E-state index contributed by atoms with van der Waals surface area (Å²) in [6.07, 6.45) is 6.72. The molecule has 1 atom stereocenters. The summed E-state index contributed by atoms with van der Waals surface area (Å²) in [6, 6.07) is 8.48. The lowest BCUT2D eigenvalue weighted by Gasteiger charge is -2.48. The molecule has 6 aliphatic rings. The molecule has 17 nitrogen and oxygen atoms in total. The van der Waals surface area contributed by atoms with Gasteiger partial charge in [-0.1, -0.05) is 13.8 Å². The molecule has 0 radical (unpaired) electrons. The average molecular weight is 924 g/mol. The van der Waals surface area contributed by atoms with E-state index in [-0.39, 0.29) is 53.4 Å². The van der Waals surface area contributed by atoms with E-state index in [9.17, 15) is 28.8 Å². The fourth-order valence-electron chi connectivity index (χ4n) is 10.3. The van der Waals surface area contributed by atoms with Gasteiger partial charge < -0.3 is 30.2 Å². The van der Waals surface area contributed by atoms with Crippen LogP contribution in [0.4, 0.5) is 31.8 Å². The van der Waals surface area contributed by atoms with Gasteiger partial charge in [-0.25, -0.2) is 18.7 Å². The number of hydrogen-bond acceptors (Lipinski definition) is 13. The first kappa shape index (κ1) is 45.9. The second-order valence-corrected chi connectivity index (χ2v) is 19.7. The van der Waals surface area contributed by atoms with E-state index in [1.54, 1.807) is 23.1 Å². The van der Waals surface area contributed by atoms with Crippen LogP contribution < -0.4 is 30.7 Å². The van der Waals surface area contributed by atoms with Crippen LogP contribution in [0.2, 0.25) is 0 Å². The zero-order valence-electron chi connectivity index (χ0n) is 38.3. The number of rotatable bonds is 12. The maximum atomic E-state index is 15.7. The molecule has 19 heteroatoms. The zero-order valence-corrected chi connectivity index (χ0v) is 38.3. The van der Waals surface area contributed by atoms with Crippen molar-refractivity contribution in [3.63, 3.8) is 0 Å². The van der Waals surface area contributed by atoms with Crippen LogP contribution >= 0.6 is 0 Å². The van der Waals surface area contributed by atoms with Gasteiger partial charge in [0.1, 0.15) is 35.6 Å². The highest BCUT2D eigenvalue weighted by molar-refractivity contribution is 6.23. The smallest absolute Gasteiger partial charge is 0.262 e. The van der Waals surface area contributed by atoms with Crippen LogP contribution in [0.15, 0.2) is 42.7 Å². The Balaban J connectivity index is 0.702. The number of carbonyl (C=O) groups is 6. The van der Waals surface area contributed by atoms with E-state index in [1.807, 2.05) is 11.0 Å². The van der Waals surface area contributed by atoms with Gasteiger partial charge >= 0.3 is 0 Å². The molecule has 356 valence electrons. The number of likely N-dealkylation sites (tertiary alicyclic amines) is 1. The van der Waals surface area contributed by atoms with Crippen molar-refractivity contribution in [3.05, 3.63) is 71.1 Å². The Labute approximate surface area is 388 Å². The van der Waals surface area contributed by atoms with Gasteiger partial charge in [0.25, 0.3) is 11.8 Å². The van der Waals surface area contributed by atoms with Crippen LogP contribution in [-0.2, 0) is 25.7 Å². The molecule has 0 bridgehead atoms. The molecular formula is C48H59F2N11O6. The molecule has 1 unspecified atom stereocenters. The second kappa shape index (κ2) is 18.8.